The van der Waals surface area contributed by atoms with E-state index in [-0.39, 0.29) is 0 Å². The molecule has 0 radical (unpaired) electrons. The highest BCUT2D eigenvalue weighted by molar-refractivity contribution is 5.58. The van der Waals surface area contributed by atoms with E-state index >= 15 is 0 Å². The van der Waals surface area contributed by atoms with Crippen molar-refractivity contribution in [2.45, 2.75) is 6.92 Å². The van der Waals surface area contributed by atoms with Crippen molar-refractivity contribution in [1.82, 2.24) is 9.97 Å². The highest BCUT2D eigenvalue weighted by Gasteiger charge is 2.03. The maximum absolute atomic E-state index is 5.59. The molecule has 2 nitrogen and oxygen atoms in total. The molecule has 2 heterocycles. The Morgan fingerprint density at radius 1 is 0.680 bits per heavy atom. The predicted octanol–water partition coefficient (Wildman–Crippen LogP) is 3.57. The average molecular weight is 318 g/mol. The first-order valence-corrected chi connectivity index (χ1v) is 7.71. The van der Waals surface area contributed by atoms with Gasteiger partial charge in [0.15, 0.2) is 0 Å². The fourth-order valence-corrected chi connectivity index (χ4v) is 2.21. The molecular weight excluding hydrogens is 304 g/mol. The van der Waals surface area contributed by atoms with Crippen molar-refractivity contribution in [3.05, 3.63) is 94.6 Å². The Kier molecular flexibility index (Phi) is 4.92. The van der Waals surface area contributed by atoms with Crippen LogP contribution in [0.2, 0.25) is 0 Å². The molecule has 2 aromatic heterocycles. The molecule has 116 valence electrons. The lowest BCUT2D eigenvalue weighted by Crippen LogP contribution is -1.91. The molecule has 0 saturated carbocycles. The number of pyridine rings is 2. The van der Waals surface area contributed by atoms with Gasteiger partial charge in [0, 0.05) is 52.6 Å². The van der Waals surface area contributed by atoms with Crippen LogP contribution in [0.15, 0.2) is 61.2 Å². The van der Waals surface area contributed by atoms with E-state index in [1.54, 1.807) is 24.8 Å². The highest BCUT2D eigenvalue weighted by Crippen LogP contribution is 2.16. The summed E-state index contributed by atoms with van der Waals surface area (Å²) in [6.07, 6.45) is 12.5. The molecule has 0 aliphatic rings. The van der Waals surface area contributed by atoms with Crippen molar-refractivity contribution in [3.63, 3.8) is 0 Å². The van der Waals surface area contributed by atoms with Crippen molar-refractivity contribution in [2.24, 2.45) is 0 Å². The topological polar surface area (TPSA) is 25.8 Å². The van der Waals surface area contributed by atoms with Crippen molar-refractivity contribution in [3.8, 4) is 36.0 Å². The number of aromatic nitrogens is 2. The van der Waals surface area contributed by atoms with Gasteiger partial charge in [0.2, 0.25) is 0 Å². The van der Waals surface area contributed by atoms with E-state index < -0.39 is 0 Å². The average Bonchev–Trinajstić information content (AvgIpc) is 2.68. The number of rotatable bonds is 0. The van der Waals surface area contributed by atoms with Crippen LogP contribution in [-0.4, -0.2) is 9.97 Å². The van der Waals surface area contributed by atoms with Crippen LogP contribution in [0.4, 0.5) is 0 Å². The molecule has 0 N–H and O–H groups in total. The molecule has 0 saturated heterocycles. The van der Waals surface area contributed by atoms with Gasteiger partial charge in [-0.1, -0.05) is 29.6 Å². The Morgan fingerprint density at radius 3 is 1.52 bits per heavy atom. The van der Waals surface area contributed by atoms with Gasteiger partial charge in [-0.15, -0.1) is 6.42 Å². The maximum Gasteiger partial charge on any atom is 0.0303 e. The molecule has 0 unspecified atom stereocenters. The third kappa shape index (κ3) is 4.14. The van der Waals surface area contributed by atoms with Gasteiger partial charge >= 0.3 is 0 Å². The SMILES string of the molecule is C#Cc1cc(C#Cc2ccncc2)c(C)c(C#Cc2ccncc2)c1. The van der Waals surface area contributed by atoms with E-state index in [1.807, 2.05) is 43.3 Å². The summed E-state index contributed by atoms with van der Waals surface area (Å²) in [7, 11) is 0. The van der Waals surface area contributed by atoms with E-state index in [0.29, 0.717) is 0 Å². The lowest BCUT2D eigenvalue weighted by atomic mass is 9.98. The molecule has 0 bridgehead atoms. The van der Waals surface area contributed by atoms with Crippen LogP contribution in [0.1, 0.15) is 33.4 Å². The minimum absolute atomic E-state index is 0.767. The quantitative estimate of drug-likeness (QED) is 0.592. The number of terminal acetylenes is 1. The molecule has 0 aliphatic carbocycles. The molecule has 3 rings (SSSR count). The van der Waals surface area contributed by atoms with Crippen molar-refractivity contribution in [2.75, 3.05) is 0 Å². The molecule has 2 heteroatoms. The van der Waals surface area contributed by atoms with Crippen LogP contribution in [0, 0.1) is 42.9 Å². The summed E-state index contributed by atoms with van der Waals surface area (Å²) in [6.45, 7) is 2.01. The number of hydrogen-bond acceptors (Lipinski definition) is 2. The first-order valence-electron chi connectivity index (χ1n) is 7.71. The maximum atomic E-state index is 5.59. The van der Waals surface area contributed by atoms with E-state index in [4.69, 9.17) is 6.42 Å². The highest BCUT2D eigenvalue weighted by atomic mass is 14.6. The minimum atomic E-state index is 0.767. The van der Waals surface area contributed by atoms with Gasteiger partial charge in [-0.2, -0.15) is 0 Å². The summed E-state index contributed by atoms with van der Waals surface area (Å²) in [5.41, 5.74) is 5.36. The summed E-state index contributed by atoms with van der Waals surface area (Å²) in [5, 5.41) is 0. The third-order valence-corrected chi connectivity index (χ3v) is 3.62. The summed E-state index contributed by atoms with van der Waals surface area (Å²) in [6, 6.07) is 11.3. The fraction of sp³-hybridized carbons (Fsp3) is 0.0435. The Labute approximate surface area is 148 Å². The molecule has 3 aromatic rings. The Morgan fingerprint density at radius 2 is 1.12 bits per heavy atom. The largest absolute Gasteiger partial charge is 0.265 e. The van der Waals surface area contributed by atoms with Crippen molar-refractivity contribution in [1.29, 1.82) is 0 Å². The molecule has 0 fully saturated rings. The van der Waals surface area contributed by atoms with Gasteiger partial charge in [0.05, 0.1) is 0 Å². The number of nitrogens with zero attached hydrogens (tertiary/aromatic N) is 2. The standard InChI is InChI=1S/C23H14N2/c1-3-19-16-22(6-4-20-8-12-24-13-9-20)18(2)23(17-19)7-5-21-10-14-25-15-11-21/h1,8-17H,2H3. The summed E-state index contributed by atoms with van der Waals surface area (Å²) in [5.74, 6) is 15.3. The van der Waals surface area contributed by atoms with E-state index in [0.717, 1.165) is 33.4 Å². The van der Waals surface area contributed by atoms with Gasteiger partial charge in [-0.3, -0.25) is 9.97 Å². The van der Waals surface area contributed by atoms with Gasteiger partial charge in [0.1, 0.15) is 0 Å². The lowest BCUT2D eigenvalue weighted by Gasteiger charge is -2.04. The molecule has 0 atom stereocenters. The molecule has 0 aliphatic heterocycles. The second kappa shape index (κ2) is 7.65. The summed E-state index contributed by atoms with van der Waals surface area (Å²) >= 11 is 0. The van der Waals surface area contributed by atoms with Crippen molar-refractivity contribution >= 4 is 0 Å². The molecule has 0 spiro atoms. The molecule has 0 amide bonds. The minimum Gasteiger partial charge on any atom is -0.265 e. The van der Waals surface area contributed by atoms with E-state index in [9.17, 15) is 0 Å². The van der Waals surface area contributed by atoms with Gasteiger partial charge in [-0.25, -0.2) is 0 Å². The Hall–Kier alpha value is -3.80. The second-order valence-corrected chi connectivity index (χ2v) is 5.31. The van der Waals surface area contributed by atoms with E-state index in [2.05, 4.69) is 39.6 Å². The van der Waals surface area contributed by atoms with Crippen LogP contribution in [-0.2, 0) is 0 Å². The van der Waals surface area contributed by atoms with Crippen LogP contribution >= 0.6 is 0 Å². The third-order valence-electron chi connectivity index (χ3n) is 3.62. The predicted molar refractivity (Wildman–Crippen MR) is 99.5 cm³/mol. The molecule has 25 heavy (non-hydrogen) atoms. The molecule has 1 aromatic carbocycles. The Balaban J connectivity index is 2.02. The zero-order valence-corrected chi connectivity index (χ0v) is 13.7. The van der Waals surface area contributed by atoms with Crippen LogP contribution in [0.25, 0.3) is 0 Å². The zero-order chi connectivity index (χ0) is 17.5. The second-order valence-electron chi connectivity index (χ2n) is 5.31. The fourth-order valence-electron chi connectivity index (χ4n) is 2.21. The summed E-state index contributed by atoms with van der Waals surface area (Å²) < 4.78 is 0. The van der Waals surface area contributed by atoms with Crippen molar-refractivity contribution < 1.29 is 0 Å². The first kappa shape index (κ1) is 16.1. The van der Waals surface area contributed by atoms with Crippen LogP contribution < -0.4 is 0 Å². The van der Waals surface area contributed by atoms with E-state index in [1.165, 1.54) is 0 Å². The molecular formula is C23H14N2. The number of benzene rings is 1. The van der Waals surface area contributed by atoms with Gasteiger partial charge < -0.3 is 0 Å². The first-order chi connectivity index (χ1) is 12.3. The van der Waals surface area contributed by atoms with Crippen LogP contribution in [0.5, 0.6) is 0 Å². The van der Waals surface area contributed by atoms with Gasteiger partial charge in [0.25, 0.3) is 0 Å². The number of hydrogen-bond donors (Lipinski definition) is 0. The smallest absolute Gasteiger partial charge is 0.0303 e. The monoisotopic (exact) mass is 318 g/mol. The Bertz CT molecular complexity index is 973. The van der Waals surface area contributed by atoms with Crippen LogP contribution in [0.3, 0.4) is 0 Å². The van der Waals surface area contributed by atoms with Gasteiger partial charge in [-0.05, 0) is 48.9 Å². The lowest BCUT2D eigenvalue weighted by molar-refractivity contribution is 1.32. The zero-order valence-electron chi connectivity index (χ0n) is 13.7. The normalized spacial score (nSPS) is 9.12. The summed E-state index contributed by atoms with van der Waals surface area (Å²) in [4.78, 5) is 7.99.